The van der Waals surface area contributed by atoms with Crippen LogP contribution in [0, 0.1) is 6.92 Å². The van der Waals surface area contributed by atoms with Crippen LogP contribution in [0.2, 0.25) is 0 Å². The van der Waals surface area contributed by atoms with Gasteiger partial charge in [0.05, 0.1) is 6.20 Å². The summed E-state index contributed by atoms with van der Waals surface area (Å²) < 4.78 is 6.37. The second-order valence-electron chi connectivity index (χ2n) is 3.22. The minimum absolute atomic E-state index is 0.408. The van der Waals surface area contributed by atoms with E-state index in [1.165, 1.54) is 0 Å². The molecule has 7 heteroatoms. The molecule has 0 amide bonds. The van der Waals surface area contributed by atoms with Gasteiger partial charge in [0.2, 0.25) is 5.88 Å². The average Bonchev–Trinajstić information content (AvgIpc) is 2.28. The molecule has 0 aliphatic carbocycles. The smallest absolute Gasteiger partial charge is 0.224 e. The van der Waals surface area contributed by atoms with E-state index in [2.05, 4.69) is 36.3 Å². The van der Waals surface area contributed by atoms with Crippen LogP contribution in [0.15, 0.2) is 29.0 Å². The molecule has 0 fully saturated rings. The van der Waals surface area contributed by atoms with E-state index in [0.717, 1.165) is 4.47 Å². The SMILES string of the molecule is Cc1nc(NN)cc(Oc2cncc(Br)c2)n1. The van der Waals surface area contributed by atoms with E-state index >= 15 is 0 Å². The number of aryl methyl sites for hydroxylation is 1. The molecule has 0 bridgehead atoms. The molecule has 3 N–H and O–H groups in total. The van der Waals surface area contributed by atoms with Gasteiger partial charge in [-0.2, -0.15) is 4.98 Å². The molecule has 6 nitrogen and oxygen atoms in total. The highest BCUT2D eigenvalue weighted by Crippen LogP contribution is 2.23. The number of rotatable bonds is 3. The van der Waals surface area contributed by atoms with E-state index in [1.807, 2.05) is 0 Å². The van der Waals surface area contributed by atoms with Gasteiger partial charge in [-0.15, -0.1) is 0 Å². The van der Waals surface area contributed by atoms with Gasteiger partial charge in [0, 0.05) is 16.7 Å². The summed E-state index contributed by atoms with van der Waals surface area (Å²) in [6, 6.07) is 3.40. The molecule has 2 aromatic heterocycles. The number of hydrogen-bond acceptors (Lipinski definition) is 6. The monoisotopic (exact) mass is 295 g/mol. The van der Waals surface area contributed by atoms with Crippen LogP contribution >= 0.6 is 15.9 Å². The lowest BCUT2D eigenvalue weighted by Gasteiger charge is -2.07. The Balaban J connectivity index is 2.26. The van der Waals surface area contributed by atoms with Crippen LogP contribution in [0.3, 0.4) is 0 Å². The first kappa shape index (κ1) is 11.7. The van der Waals surface area contributed by atoms with E-state index in [9.17, 15) is 0 Å². The molecular weight excluding hydrogens is 286 g/mol. The molecular formula is C10H10BrN5O. The number of hydrogen-bond donors (Lipinski definition) is 2. The van der Waals surface area contributed by atoms with Crippen molar-refractivity contribution in [2.24, 2.45) is 5.84 Å². The molecule has 0 atom stereocenters. The van der Waals surface area contributed by atoms with Crippen LogP contribution in [-0.2, 0) is 0 Å². The minimum Gasteiger partial charge on any atom is -0.437 e. The number of ether oxygens (including phenoxy) is 1. The maximum Gasteiger partial charge on any atom is 0.224 e. The van der Waals surface area contributed by atoms with Crippen LogP contribution < -0.4 is 16.0 Å². The standard InChI is InChI=1S/C10H10BrN5O/c1-6-14-9(16-12)3-10(15-6)17-8-2-7(11)4-13-5-8/h2-5H,12H2,1H3,(H,14,15,16). The Morgan fingerprint density at radius 2 is 2.12 bits per heavy atom. The number of pyridine rings is 1. The number of anilines is 1. The molecule has 88 valence electrons. The summed E-state index contributed by atoms with van der Waals surface area (Å²) in [5.74, 6) is 7.34. The summed E-state index contributed by atoms with van der Waals surface area (Å²) in [6.45, 7) is 1.76. The number of nitrogen functional groups attached to an aromatic ring is 1. The van der Waals surface area contributed by atoms with Crippen molar-refractivity contribution in [3.8, 4) is 11.6 Å². The van der Waals surface area contributed by atoms with E-state index in [-0.39, 0.29) is 0 Å². The first-order valence-electron chi connectivity index (χ1n) is 4.78. The van der Waals surface area contributed by atoms with Crippen molar-refractivity contribution in [1.82, 2.24) is 15.0 Å². The molecule has 0 unspecified atom stereocenters. The van der Waals surface area contributed by atoms with Crippen LogP contribution in [0.1, 0.15) is 5.82 Å². The van der Waals surface area contributed by atoms with Crippen molar-refractivity contribution in [2.45, 2.75) is 6.92 Å². The Kier molecular flexibility index (Phi) is 3.50. The van der Waals surface area contributed by atoms with Gasteiger partial charge in [0.15, 0.2) is 0 Å². The fourth-order valence-corrected chi connectivity index (χ4v) is 1.58. The zero-order chi connectivity index (χ0) is 12.3. The van der Waals surface area contributed by atoms with E-state index in [0.29, 0.717) is 23.3 Å². The van der Waals surface area contributed by atoms with Gasteiger partial charge in [-0.25, -0.2) is 10.8 Å². The fourth-order valence-electron chi connectivity index (χ4n) is 1.24. The van der Waals surface area contributed by atoms with Gasteiger partial charge >= 0.3 is 0 Å². The van der Waals surface area contributed by atoms with Crippen molar-refractivity contribution < 1.29 is 4.74 Å². The Morgan fingerprint density at radius 1 is 1.29 bits per heavy atom. The Bertz CT molecular complexity index is 534. The highest BCUT2D eigenvalue weighted by Gasteiger charge is 2.04. The van der Waals surface area contributed by atoms with Crippen molar-refractivity contribution in [3.63, 3.8) is 0 Å². The zero-order valence-corrected chi connectivity index (χ0v) is 10.6. The van der Waals surface area contributed by atoms with Crippen LogP contribution in [0.4, 0.5) is 5.82 Å². The maximum atomic E-state index is 5.54. The predicted molar refractivity (Wildman–Crippen MR) is 66.6 cm³/mol. The van der Waals surface area contributed by atoms with Gasteiger partial charge in [-0.1, -0.05) is 0 Å². The van der Waals surface area contributed by atoms with Crippen molar-refractivity contribution >= 4 is 21.7 Å². The lowest BCUT2D eigenvalue weighted by Crippen LogP contribution is -2.09. The lowest BCUT2D eigenvalue weighted by atomic mass is 10.4. The third kappa shape index (κ3) is 3.11. The summed E-state index contributed by atoms with van der Waals surface area (Å²) in [5.41, 5.74) is 2.45. The third-order valence-corrected chi connectivity index (χ3v) is 2.30. The first-order valence-corrected chi connectivity index (χ1v) is 5.57. The summed E-state index contributed by atoms with van der Waals surface area (Å²) in [6.07, 6.45) is 3.27. The number of halogens is 1. The Morgan fingerprint density at radius 3 is 2.82 bits per heavy atom. The molecule has 0 saturated heterocycles. The largest absolute Gasteiger partial charge is 0.437 e. The summed E-state index contributed by atoms with van der Waals surface area (Å²) >= 11 is 3.31. The quantitative estimate of drug-likeness (QED) is 0.665. The van der Waals surface area contributed by atoms with E-state index in [4.69, 9.17) is 10.6 Å². The molecule has 2 heterocycles. The highest BCUT2D eigenvalue weighted by atomic mass is 79.9. The first-order chi connectivity index (χ1) is 8.17. The fraction of sp³-hybridized carbons (Fsp3) is 0.100. The van der Waals surface area contributed by atoms with Crippen molar-refractivity contribution in [3.05, 3.63) is 34.8 Å². The van der Waals surface area contributed by atoms with Crippen LogP contribution in [0.25, 0.3) is 0 Å². The molecule has 0 aliphatic heterocycles. The van der Waals surface area contributed by atoms with Crippen LogP contribution in [-0.4, -0.2) is 15.0 Å². The second kappa shape index (κ2) is 5.07. The number of aromatic nitrogens is 3. The number of hydrazine groups is 1. The highest BCUT2D eigenvalue weighted by molar-refractivity contribution is 9.10. The molecule has 0 saturated carbocycles. The third-order valence-electron chi connectivity index (χ3n) is 1.86. The number of nitrogens with zero attached hydrogens (tertiary/aromatic N) is 3. The van der Waals surface area contributed by atoms with Crippen LogP contribution in [0.5, 0.6) is 11.6 Å². The second-order valence-corrected chi connectivity index (χ2v) is 4.14. The lowest BCUT2D eigenvalue weighted by molar-refractivity contribution is 0.457. The van der Waals surface area contributed by atoms with Gasteiger partial charge < -0.3 is 10.2 Å². The Labute approximate surface area is 106 Å². The molecule has 0 aliphatic rings. The Hall–Kier alpha value is -1.73. The molecule has 2 rings (SSSR count). The minimum atomic E-state index is 0.408. The van der Waals surface area contributed by atoms with Gasteiger partial charge in [0.1, 0.15) is 17.4 Å². The average molecular weight is 296 g/mol. The topological polar surface area (TPSA) is 86.0 Å². The summed E-state index contributed by atoms with van der Waals surface area (Å²) in [4.78, 5) is 12.2. The molecule has 0 aromatic carbocycles. The predicted octanol–water partition coefficient (Wildman–Crippen LogP) is 2.02. The number of nitrogens with one attached hydrogen (secondary N) is 1. The van der Waals surface area contributed by atoms with E-state index < -0.39 is 0 Å². The van der Waals surface area contributed by atoms with Gasteiger partial charge in [-0.05, 0) is 28.9 Å². The van der Waals surface area contributed by atoms with Gasteiger partial charge in [0.25, 0.3) is 0 Å². The zero-order valence-electron chi connectivity index (χ0n) is 9.01. The molecule has 0 spiro atoms. The number of nitrogens with two attached hydrogens (primary N) is 1. The van der Waals surface area contributed by atoms with E-state index in [1.54, 1.807) is 31.5 Å². The van der Waals surface area contributed by atoms with Gasteiger partial charge in [-0.3, -0.25) is 4.98 Å². The maximum absolute atomic E-state index is 5.54. The van der Waals surface area contributed by atoms with Crippen molar-refractivity contribution in [2.75, 3.05) is 5.43 Å². The molecule has 0 radical (unpaired) electrons. The van der Waals surface area contributed by atoms with Crippen molar-refractivity contribution in [1.29, 1.82) is 0 Å². The molecule has 2 aromatic rings. The normalized spacial score (nSPS) is 10.1. The molecule has 17 heavy (non-hydrogen) atoms. The summed E-state index contributed by atoms with van der Waals surface area (Å²) in [5, 5.41) is 0. The summed E-state index contributed by atoms with van der Waals surface area (Å²) in [7, 11) is 0.